The molecule has 1 aromatic heterocycles. The second-order valence-corrected chi connectivity index (χ2v) is 6.39. The van der Waals surface area contributed by atoms with Crippen molar-refractivity contribution in [2.45, 2.75) is 51.0 Å². The van der Waals surface area contributed by atoms with Crippen LogP contribution in [0.4, 0.5) is 0 Å². The van der Waals surface area contributed by atoms with Crippen LogP contribution in [-0.4, -0.2) is 17.6 Å². The number of carboxylic acid groups (broad SMARTS) is 1. The Morgan fingerprint density at radius 1 is 1.42 bits per heavy atom. The Hall–Kier alpha value is -0.870. The monoisotopic (exact) mass is 281 g/mol. The zero-order valence-corrected chi connectivity index (χ0v) is 12.1. The van der Waals surface area contributed by atoms with E-state index in [-0.39, 0.29) is 12.5 Å². The maximum absolute atomic E-state index is 10.9. The Labute approximate surface area is 119 Å². The molecule has 0 spiro atoms. The molecular weight excluding hydrogens is 258 g/mol. The van der Waals surface area contributed by atoms with E-state index in [4.69, 9.17) is 5.11 Å². The molecule has 0 aliphatic heterocycles. The van der Waals surface area contributed by atoms with Gasteiger partial charge in [-0.1, -0.05) is 38.2 Å². The summed E-state index contributed by atoms with van der Waals surface area (Å²) in [5.74, 6) is 0.110. The molecule has 1 unspecified atom stereocenters. The molecule has 0 saturated heterocycles. The maximum atomic E-state index is 10.9. The molecular formula is C15H23NO2S. The first-order chi connectivity index (χ1) is 9.25. The highest BCUT2D eigenvalue weighted by molar-refractivity contribution is 7.10. The third-order valence-corrected chi connectivity index (χ3v) is 4.92. The van der Waals surface area contributed by atoms with E-state index in [1.54, 1.807) is 11.3 Å². The molecule has 2 N–H and O–H groups in total. The molecule has 3 nitrogen and oxygen atoms in total. The van der Waals surface area contributed by atoms with Crippen molar-refractivity contribution in [3.05, 3.63) is 22.4 Å². The predicted octanol–water partition coefficient (Wildman–Crippen LogP) is 3.82. The van der Waals surface area contributed by atoms with E-state index in [2.05, 4.69) is 5.32 Å². The van der Waals surface area contributed by atoms with Gasteiger partial charge < -0.3 is 10.4 Å². The molecule has 0 amide bonds. The van der Waals surface area contributed by atoms with E-state index in [1.165, 1.54) is 38.5 Å². The van der Waals surface area contributed by atoms with E-state index in [9.17, 15) is 4.79 Å². The van der Waals surface area contributed by atoms with E-state index >= 15 is 0 Å². The standard InChI is InChI=1S/C15H23NO2S/c17-15(18)11-13(14-7-4-10-19-14)16-9-8-12-5-2-1-3-6-12/h4,7,10,12-13,16H,1-3,5-6,8-9,11H2,(H,17,18). The van der Waals surface area contributed by atoms with Gasteiger partial charge in [-0.05, 0) is 30.3 Å². The lowest BCUT2D eigenvalue weighted by Crippen LogP contribution is -2.26. The molecule has 1 atom stereocenters. The van der Waals surface area contributed by atoms with Crippen LogP contribution >= 0.6 is 11.3 Å². The molecule has 1 aliphatic rings. The zero-order chi connectivity index (χ0) is 13.5. The van der Waals surface area contributed by atoms with Gasteiger partial charge in [0.25, 0.3) is 0 Å². The van der Waals surface area contributed by atoms with Gasteiger partial charge >= 0.3 is 5.97 Å². The van der Waals surface area contributed by atoms with Crippen molar-refractivity contribution in [1.29, 1.82) is 0 Å². The number of carboxylic acids is 1. The summed E-state index contributed by atoms with van der Waals surface area (Å²) in [6.45, 7) is 0.931. The van der Waals surface area contributed by atoms with E-state index in [1.807, 2.05) is 17.5 Å². The van der Waals surface area contributed by atoms with Gasteiger partial charge in [-0.3, -0.25) is 4.79 Å². The summed E-state index contributed by atoms with van der Waals surface area (Å²) in [5, 5.41) is 14.4. The number of thiophene rings is 1. The molecule has 2 rings (SSSR count). The molecule has 19 heavy (non-hydrogen) atoms. The van der Waals surface area contributed by atoms with Gasteiger partial charge in [-0.25, -0.2) is 0 Å². The summed E-state index contributed by atoms with van der Waals surface area (Å²) < 4.78 is 0. The first-order valence-corrected chi connectivity index (χ1v) is 8.12. The predicted molar refractivity (Wildman–Crippen MR) is 78.5 cm³/mol. The lowest BCUT2D eigenvalue weighted by atomic mass is 9.87. The second-order valence-electron chi connectivity index (χ2n) is 5.41. The van der Waals surface area contributed by atoms with Crippen LogP contribution in [0.5, 0.6) is 0 Å². The van der Waals surface area contributed by atoms with Crippen molar-refractivity contribution in [2.75, 3.05) is 6.54 Å². The molecule has 1 heterocycles. The van der Waals surface area contributed by atoms with Crippen molar-refractivity contribution < 1.29 is 9.90 Å². The number of nitrogens with one attached hydrogen (secondary N) is 1. The average molecular weight is 281 g/mol. The Morgan fingerprint density at radius 2 is 2.21 bits per heavy atom. The molecule has 0 radical (unpaired) electrons. The van der Waals surface area contributed by atoms with Gasteiger partial charge in [0.15, 0.2) is 0 Å². The Kier molecular flexibility index (Phi) is 5.86. The van der Waals surface area contributed by atoms with Gasteiger partial charge in [-0.2, -0.15) is 0 Å². The van der Waals surface area contributed by atoms with Crippen molar-refractivity contribution in [1.82, 2.24) is 5.32 Å². The Balaban J connectivity index is 1.77. The minimum absolute atomic E-state index is 0.0268. The number of rotatable bonds is 7. The lowest BCUT2D eigenvalue weighted by molar-refractivity contribution is -0.137. The fourth-order valence-corrected chi connectivity index (χ4v) is 3.68. The number of hydrogen-bond acceptors (Lipinski definition) is 3. The summed E-state index contributed by atoms with van der Waals surface area (Å²) in [6.07, 6.45) is 8.18. The van der Waals surface area contributed by atoms with Gasteiger partial charge in [0, 0.05) is 4.88 Å². The molecule has 4 heteroatoms. The summed E-state index contributed by atoms with van der Waals surface area (Å²) in [7, 11) is 0. The highest BCUT2D eigenvalue weighted by Gasteiger charge is 2.17. The maximum Gasteiger partial charge on any atom is 0.305 e. The normalized spacial score (nSPS) is 18.3. The van der Waals surface area contributed by atoms with Crippen molar-refractivity contribution in [3.8, 4) is 0 Å². The fraction of sp³-hybridized carbons (Fsp3) is 0.667. The molecule has 0 bridgehead atoms. The molecule has 1 saturated carbocycles. The van der Waals surface area contributed by atoms with Crippen LogP contribution in [0.15, 0.2) is 17.5 Å². The van der Waals surface area contributed by atoms with Gasteiger partial charge in [0.05, 0.1) is 12.5 Å². The van der Waals surface area contributed by atoms with Crippen molar-refractivity contribution in [2.24, 2.45) is 5.92 Å². The minimum atomic E-state index is -0.733. The molecule has 1 aromatic rings. The highest BCUT2D eigenvalue weighted by atomic mass is 32.1. The smallest absolute Gasteiger partial charge is 0.305 e. The molecule has 1 aliphatic carbocycles. The van der Waals surface area contributed by atoms with Crippen LogP contribution in [0.3, 0.4) is 0 Å². The largest absolute Gasteiger partial charge is 0.481 e. The highest BCUT2D eigenvalue weighted by Crippen LogP contribution is 2.27. The van der Waals surface area contributed by atoms with Crippen LogP contribution in [0.2, 0.25) is 0 Å². The second kappa shape index (κ2) is 7.65. The number of hydrogen-bond donors (Lipinski definition) is 2. The number of aliphatic carboxylic acids is 1. The topological polar surface area (TPSA) is 49.3 Å². The Morgan fingerprint density at radius 3 is 2.84 bits per heavy atom. The first kappa shape index (κ1) is 14.5. The third kappa shape index (κ3) is 4.96. The molecule has 1 fully saturated rings. The summed E-state index contributed by atoms with van der Waals surface area (Å²) in [4.78, 5) is 12.1. The average Bonchev–Trinajstić information content (AvgIpc) is 2.92. The quantitative estimate of drug-likeness (QED) is 0.798. The van der Waals surface area contributed by atoms with Crippen LogP contribution in [0.25, 0.3) is 0 Å². The first-order valence-electron chi connectivity index (χ1n) is 7.24. The molecule has 0 aromatic carbocycles. The van der Waals surface area contributed by atoms with Crippen molar-refractivity contribution >= 4 is 17.3 Å². The van der Waals surface area contributed by atoms with Crippen LogP contribution in [-0.2, 0) is 4.79 Å². The minimum Gasteiger partial charge on any atom is -0.481 e. The summed E-state index contributed by atoms with van der Waals surface area (Å²) in [6, 6.07) is 3.98. The third-order valence-electron chi connectivity index (χ3n) is 3.93. The zero-order valence-electron chi connectivity index (χ0n) is 11.3. The van der Waals surface area contributed by atoms with Gasteiger partial charge in [0.2, 0.25) is 0 Å². The lowest BCUT2D eigenvalue weighted by Gasteiger charge is -2.23. The Bertz CT molecular complexity index is 372. The summed E-state index contributed by atoms with van der Waals surface area (Å²) in [5.41, 5.74) is 0. The fourth-order valence-electron chi connectivity index (χ4n) is 2.88. The van der Waals surface area contributed by atoms with E-state index < -0.39 is 5.97 Å². The molecule has 106 valence electrons. The van der Waals surface area contributed by atoms with Crippen molar-refractivity contribution in [3.63, 3.8) is 0 Å². The van der Waals surface area contributed by atoms with Crippen LogP contribution in [0, 0.1) is 5.92 Å². The van der Waals surface area contributed by atoms with E-state index in [0.29, 0.717) is 0 Å². The SMILES string of the molecule is O=C(O)CC(NCCC1CCCCC1)c1cccs1. The summed E-state index contributed by atoms with van der Waals surface area (Å²) >= 11 is 1.63. The van der Waals surface area contributed by atoms with Crippen LogP contribution < -0.4 is 5.32 Å². The number of carbonyl (C=O) groups is 1. The van der Waals surface area contributed by atoms with E-state index in [0.717, 1.165) is 17.3 Å². The van der Waals surface area contributed by atoms with Gasteiger partial charge in [0.1, 0.15) is 0 Å². The van der Waals surface area contributed by atoms with Gasteiger partial charge in [-0.15, -0.1) is 11.3 Å². The van der Waals surface area contributed by atoms with Crippen LogP contribution in [0.1, 0.15) is 55.9 Å².